The molecule has 1 aliphatic rings. The molecule has 1 heterocycles. The second kappa shape index (κ2) is 13.0. The number of unbranched alkanes of at least 4 members (excludes halogenated alkanes) is 1. The molecule has 1 aromatic heterocycles. The predicted octanol–water partition coefficient (Wildman–Crippen LogP) is 4.68. The van der Waals surface area contributed by atoms with Gasteiger partial charge in [-0.15, -0.1) is 13.2 Å². The first kappa shape index (κ1) is 23.8. The normalized spacial score (nSPS) is 19.8. The van der Waals surface area contributed by atoms with Crippen LogP contribution >= 0.6 is 0 Å². The lowest BCUT2D eigenvalue weighted by atomic mass is 9.93. The van der Waals surface area contributed by atoms with Crippen molar-refractivity contribution in [3.8, 4) is 0 Å². The number of rotatable bonds is 8. The largest absolute Gasteiger partial charge is 0.393 e. The van der Waals surface area contributed by atoms with Crippen molar-refractivity contribution >= 4 is 23.7 Å². The Morgan fingerprint density at radius 3 is 2.57 bits per heavy atom. The van der Waals surface area contributed by atoms with Crippen LogP contribution < -0.4 is 10.2 Å². The van der Waals surface area contributed by atoms with Gasteiger partial charge in [-0.2, -0.15) is 4.98 Å². The summed E-state index contributed by atoms with van der Waals surface area (Å²) in [4.78, 5) is 15.9. The van der Waals surface area contributed by atoms with Gasteiger partial charge in [-0.3, -0.25) is 4.99 Å². The Hall–Kier alpha value is -2.21. The predicted molar refractivity (Wildman–Crippen MR) is 121 cm³/mol. The molecule has 6 nitrogen and oxygen atoms in total. The Morgan fingerprint density at radius 1 is 1.32 bits per heavy atom. The van der Waals surface area contributed by atoms with Gasteiger partial charge >= 0.3 is 0 Å². The van der Waals surface area contributed by atoms with Crippen LogP contribution in [0, 0.1) is 0 Å². The van der Waals surface area contributed by atoms with Crippen molar-refractivity contribution in [3.05, 3.63) is 31.0 Å². The first-order valence-electron chi connectivity index (χ1n) is 10.3. The molecule has 1 fully saturated rings. The van der Waals surface area contributed by atoms with Crippen molar-refractivity contribution in [2.24, 2.45) is 4.99 Å². The van der Waals surface area contributed by atoms with Crippen LogP contribution in [-0.2, 0) is 0 Å². The van der Waals surface area contributed by atoms with Crippen molar-refractivity contribution < 1.29 is 5.11 Å². The number of aliphatic hydroxyl groups excluding tert-OH is 1. The molecule has 1 saturated carbocycles. The third-order valence-corrected chi connectivity index (χ3v) is 4.82. The van der Waals surface area contributed by atoms with E-state index in [0.717, 1.165) is 68.1 Å². The maximum Gasteiger partial charge on any atom is 0.227 e. The topological polar surface area (TPSA) is 73.6 Å². The van der Waals surface area contributed by atoms with E-state index in [1.54, 1.807) is 6.21 Å². The molecule has 0 saturated heterocycles. The number of nitrogens with zero attached hydrogens (tertiary/aromatic N) is 4. The fraction of sp³-hybridized carbons (Fsp3) is 0.591. The van der Waals surface area contributed by atoms with E-state index in [9.17, 15) is 5.11 Å². The lowest BCUT2D eigenvalue weighted by Crippen LogP contribution is -2.29. The minimum absolute atomic E-state index is 0.163. The van der Waals surface area contributed by atoms with Gasteiger partial charge in [0.2, 0.25) is 5.95 Å². The molecule has 0 aliphatic heterocycles. The monoisotopic (exact) mass is 387 g/mol. The average molecular weight is 388 g/mol. The zero-order valence-corrected chi connectivity index (χ0v) is 18.0. The zero-order valence-electron chi connectivity index (χ0n) is 18.0. The smallest absolute Gasteiger partial charge is 0.227 e. The minimum Gasteiger partial charge on any atom is -0.393 e. The minimum atomic E-state index is -0.163. The zero-order chi connectivity index (χ0) is 20.9. The van der Waals surface area contributed by atoms with E-state index in [-0.39, 0.29) is 6.10 Å². The highest BCUT2D eigenvalue weighted by molar-refractivity contribution is 5.78. The molecule has 0 aromatic carbocycles. The second-order valence-corrected chi connectivity index (χ2v) is 6.92. The third kappa shape index (κ3) is 7.08. The molecule has 1 aliphatic carbocycles. The molecule has 0 unspecified atom stereocenters. The molecule has 2 N–H and O–H groups in total. The van der Waals surface area contributed by atoms with Crippen molar-refractivity contribution in [2.75, 3.05) is 23.8 Å². The van der Waals surface area contributed by atoms with Gasteiger partial charge < -0.3 is 15.3 Å². The Morgan fingerprint density at radius 2 is 2.00 bits per heavy atom. The lowest BCUT2D eigenvalue weighted by Gasteiger charge is -2.28. The van der Waals surface area contributed by atoms with Crippen molar-refractivity contribution in [1.29, 1.82) is 0 Å². The summed E-state index contributed by atoms with van der Waals surface area (Å²) in [5, 5.41) is 13.3. The third-order valence-electron chi connectivity index (χ3n) is 4.82. The maximum atomic E-state index is 9.75. The van der Waals surface area contributed by atoms with Gasteiger partial charge in [-0.05, 0) is 46.0 Å². The fourth-order valence-electron chi connectivity index (χ4n) is 3.20. The van der Waals surface area contributed by atoms with Crippen LogP contribution in [0.5, 0.6) is 0 Å². The van der Waals surface area contributed by atoms with Crippen molar-refractivity contribution in [1.82, 2.24) is 9.97 Å². The molecule has 0 bridgehead atoms. The Labute approximate surface area is 170 Å². The standard InChI is InChI=1S/C20H33N5O.C2H4/c1-5-8-13-25(4)20-22-14-17(18(6-2)21-7-3)19(24-20)23-15-9-11-16(26)12-10-15;1-2/h6-7,14-16,26H,5,8-13H2,1-4H3,(H,22,23,24);1-2H2/b18-6-,21-7?;. The Balaban J connectivity index is 0.00000190. The quantitative estimate of drug-likeness (QED) is 0.500. The molecule has 0 radical (unpaired) electrons. The van der Waals surface area contributed by atoms with E-state index in [0.29, 0.717) is 6.04 Å². The SMILES string of the molecule is C=C.CC=N/C(=C\C)c1cnc(N(C)CCCC)nc1NC1CCC(O)CC1. The van der Waals surface area contributed by atoms with Crippen LogP contribution in [0.2, 0.25) is 0 Å². The summed E-state index contributed by atoms with van der Waals surface area (Å²) in [6.45, 7) is 13.0. The Bertz CT molecular complexity index is 636. The van der Waals surface area contributed by atoms with E-state index in [1.807, 2.05) is 33.2 Å². The molecule has 0 spiro atoms. The summed E-state index contributed by atoms with van der Waals surface area (Å²) in [7, 11) is 2.03. The van der Waals surface area contributed by atoms with Gasteiger partial charge in [-0.1, -0.05) is 19.4 Å². The number of aliphatic imine (C=N–C) groups is 1. The second-order valence-electron chi connectivity index (χ2n) is 6.92. The summed E-state index contributed by atoms with van der Waals surface area (Å²) >= 11 is 0. The van der Waals surface area contributed by atoms with Gasteiger partial charge in [-0.25, -0.2) is 4.98 Å². The number of anilines is 2. The number of hydrogen-bond donors (Lipinski definition) is 2. The first-order chi connectivity index (χ1) is 13.6. The molecule has 1 aromatic rings. The van der Waals surface area contributed by atoms with E-state index in [2.05, 4.69) is 40.3 Å². The Kier molecular flexibility index (Phi) is 11.1. The van der Waals surface area contributed by atoms with E-state index in [4.69, 9.17) is 4.98 Å². The highest BCUT2D eigenvalue weighted by atomic mass is 16.3. The molecule has 0 amide bonds. The van der Waals surface area contributed by atoms with Gasteiger partial charge in [0, 0.05) is 32.0 Å². The summed E-state index contributed by atoms with van der Waals surface area (Å²) in [5.41, 5.74) is 1.79. The van der Waals surface area contributed by atoms with Crippen LogP contribution in [-0.4, -0.2) is 47.0 Å². The van der Waals surface area contributed by atoms with Crippen LogP contribution in [0.15, 0.2) is 30.4 Å². The number of aromatic nitrogens is 2. The first-order valence-corrected chi connectivity index (χ1v) is 10.3. The van der Waals surface area contributed by atoms with Gasteiger partial charge in [0.1, 0.15) is 5.82 Å². The van der Waals surface area contributed by atoms with E-state index in [1.165, 1.54) is 0 Å². The number of hydrogen-bond acceptors (Lipinski definition) is 6. The molecule has 2 rings (SSSR count). The summed E-state index contributed by atoms with van der Waals surface area (Å²) in [6.07, 6.45) is 11.3. The van der Waals surface area contributed by atoms with Crippen molar-refractivity contribution in [2.45, 2.75) is 71.4 Å². The van der Waals surface area contributed by atoms with Crippen molar-refractivity contribution in [3.63, 3.8) is 0 Å². The van der Waals surface area contributed by atoms with Gasteiger partial charge in [0.15, 0.2) is 0 Å². The molecule has 6 heteroatoms. The number of aliphatic hydroxyl groups is 1. The summed E-state index contributed by atoms with van der Waals surface area (Å²) in [6, 6.07) is 0.324. The fourth-order valence-corrected chi connectivity index (χ4v) is 3.20. The van der Waals surface area contributed by atoms with Crippen LogP contribution in [0.4, 0.5) is 11.8 Å². The number of nitrogens with one attached hydrogen (secondary N) is 1. The lowest BCUT2D eigenvalue weighted by molar-refractivity contribution is 0.126. The van der Waals surface area contributed by atoms with Crippen LogP contribution in [0.1, 0.15) is 64.9 Å². The molecule has 156 valence electrons. The summed E-state index contributed by atoms with van der Waals surface area (Å²) < 4.78 is 0. The van der Waals surface area contributed by atoms with Gasteiger partial charge in [0.05, 0.1) is 17.4 Å². The molecule has 28 heavy (non-hydrogen) atoms. The summed E-state index contributed by atoms with van der Waals surface area (Å²) in [5.74, 6) is 1.56. The highest BCUT2D eigenvalue weighted by Crippen LogP contribution is 2.28. The number of allylic oxidation sites excluding steroid dienone is 1. The maximum absolute atomic E-state index is 9.75. The molecular formula is C22H37N5O. The average Bonchev–Trinajstić information content (AvgIpc) is 2.73. The molecule has 0 atom stereocenters. The van der Waals surface area contributed by atoms with E-state index < -0.39 is 0 Å². The van der Waals surface area contributed by atoms with Crippen LogP contribution in [0.3, 0.4) is 0 Å². The highest BCUT2D eigenvalue weighted by Gasteiger charge is 2.22. The van der Waals surface area contributed by atoms with E-state index >= 15 is 0 Å². The molecular weight excluding hydrogens is 350 g/mol. The van der Waals surface area contributed by atoms with Crippen LogP contribution in [0.25, 0.3) is 5.70 Å². The van der Waals surface area contributed by atoms with Gasteiger partial charge in [0.25, 0.3) is 0 Å².